The Kier molecular flexibility index (Phi) is 4.61. The number of hydrogen-bond acceptors (Lipinski definition) is 3. The van der Waals surface area contributed by atoms with E-state index in [1.807, 2.05) is 0 Å². The molecule has 1 saturated carbocycles. The van der Waals surface area contributed by atoms with Crippen molar-refractivity contribution < 1.29 is 0 Å². The summed E-state index contributed by atoms with van der Waals surface area (Å²) in [6, 6.07) is 1.09. The Bertz CT molecular complexity index is 399. The van der Waals surface area contributed by atoms with Crippen LogP contribution in [0, 0.1) is 5.41 Å². The van der Waals surface area contributed by atoms with E-state index in [0.29, 0.717) is 17.5 Å². The number of rotatable bonds is 6. The molecule has 1 heterocycles. The van der Waals surface area contributed by atoms with Gasteiger partial charge in [-0.15, -0.1) is 0 Å². The molecule has 108 valence electrons. The molecular formula is C15H28N4. The standard InChI is InChI=1S/C15H28N4/c1-5-8-16-13-6-7-15(4,9-13)10-14-17-11-18-19(14)12(2)3/h11-13,16H,5-10H2,1-4H3. The van der Waals surface area contributed by atoms with Gasteiger partial charge in [0.1, 0.15) is 12.2 Å². The zero-order valence-electron chi connectivity index (χ0n) is 12.8. The van der Waals surface area contributed by atoms with Gasteiger partial charge in [-0.2, -0.15) is 5.10 Å². The maximum atomic E-state index is 4.46. The number of nitrogens with zero attached hydrogens (tertiary/aromatic N) is 3. The Labute approximate surface area is 117 Å². The fourth-order valence-electron chi connectivity index (χ4n) is 3.22. The molecule has 1 aliphatic carbocycles. The molecule has 1 aliphatic rings. The van der Waals surface area contributed by atoms with E-state index in [9.17, 15) is 0 Å². The summed E-state index contributed by atoms with van der Waals surface area (Å²) in [7, 11) is 0. The Morgan fingerprint density at radius 1 is 1.53 bits per heavy atom. The lowest BCUT2D eigenvalue weighted by Crippen LogP contribution is -2.29. The van der Waals surface area contributed by atoms with Crippen molar-refractivity contribution in [2.75, 3.05) is 6.54 Å². The van der Waals surface area contributed by atoms with Crippen molar-refractivity contribution in [1.82, 2.24) is 20.1 Å². The van der Waals surface area contributed by atoms with Crippen molar-refractivity contribution in [3.63, 3.8) is 0 Å². The first kappa shape index (κ1) is 14.5. The minimum Gasteiger partial charge on any atom is -0.314 e. The highest BCUT2D eigenvalue weighted by molar-refractivity contribution is 4.98. The molecule has 4 nitrogen and oxygen atoms in total. The summed E-state index contributed by atoms with van der Waals surface area (Å²) in [5, 5.41) is 8.01. The van der Waals surface area contributed by atoms with E-state index in [1.165, 1.54) is 25.7 Å². The van der Waals surface area contributed by atoms with Crippen LogP contribution in [0.15, 0.2) is 6.33 Å². The van der Waals surface area contributed by atoms with Crippen LogP contribution in [0.5, 0.6) is 0 Å². The molecule has 0 bridgehead atoms. The summed E-state index contributed by atoms with van der Waals surface area (Å²) in [4.78, 5) is 4.46. The predicted molar refractivity (Wildman–Crippen MR) is 78.2 cm³/mol. The fraction of sp³-hybridized carbons (Fsp3) is 0.867. The van der Waals surface area contributed by atoms with Gasteiger partial charge in [0.2, 0.25) is 0 Å². The number of hydrogen-bond donors (Lipinski definition) is 1. The largest absolute Gasteiger partial charge is 0.314 e. The van der Waals surface area contributed by atoms with Gasteiger partial charge in [0.25, 0.3) is 0 Å². The SMILES string of the molecule is CCCNC1CCC(C)(Cc2ncnn2C(C)C)C1. The molecule has 2 atom stereocenters. The van der Waals surface area contributed by atoms with Crippen molar-refractivity contribution in [3.05, 3.63) is 12.2 Å². The first-order valence-electron chi connectivity index (χ1n) is 7.66. The van der Waals surface area contributed by atoms with Crippen LogP contribution in [0.4, 0.5) is 0 Å². The smallest absolute Gasteiger partial charge is 0.138 e. The van der Waals surface area contributed by atoms with E-state index in [2.05, 4.69) is 47.8 Å². The van der Waals surface area contributed by atoms with Crippen LogP contribution in [-0.4, -0.2) is 27.4 Å². The summed E-state index contributed by atoms with van der Waals surface area (Å²) in [5.74, 6) is 1.15. The van der Waals surface area contributed by atoms with Crippen LogP contribution in [0.1, 0.15) is 65.2 Å². The van der Waals surface area contributed by atoms with E-state index in [1.54, 1.807) is 6.33 Å². The Hall–Kier alpha value is -0.900. The van der Waals surface area contributed by atoms with Crippen molar-refractivity contribution in [3.8, 4) is 0 Å². The quantitative estimate of drug-likeness (QED) is 0.859. The predicted octanol–water partition coefficient (Wildman–Crippen LogP) is 2.96. The molecule has 1 fully saturated rings. The zero-order valence-corrected chi connectivity index (χ0v) is 12.8. The van der Waals surface area contributed by atoms with Gasteiger partial charge in [-0.25, -0.2) is 9.67 Å². The van der Waals surface area contributed by atoms with Gasteiger partial charge in [0.15, 0.2) is 0 Å². The van der Waals surface area contributed by atoms with Crippen molar-refractivity contribution in [2.24, 2.45) is 5.41 Å². The van der Waals surface area contributed by atoms with Crippen LogP contribution in [0.3, 0.4) is 0 Å². The third-order valence-electron chi connectivity index (χ3n) is 4.24. The molecule has 0 amide bonds. The molecule has 4 heteroatoms. The lowest BCUT2D eigenvalue weighted by atomic mass is 9.84. The summed E-state index contributed by atoms with van der Waals surface area (Å²) in [6.07, 6.45) is 7.81. The van der Waals surface area contributed by atoms with Gasteiger partial charge in [-0.1, -0.05) is 13.8 Å². The molecule has 0 aliphatic heterocycles. The van der Waals surface area contributed by atoms with Gasteiger partial charge in [-0.05, 0) is 51.5 Å². The monoisotopic (exact) mass is 264 g/mol. The maximum Gasteiger partial charge on any atom is 0.138 e. The molecule has 1 N–H and O–H groups in total. The van der Waals surface area contributed by atoms with Crippen LogP contribution < -0.4 is 5.32 Å². The van der Waals surface area contributed by atoms with Crippen LogP contribution in [0.2, 0.25) is 0 Å². The maximum absolute atomic E-state index is 4.46. The lowest BCUT2D eigenvalue weighted by Gasteiger charge is -2.24. The molecule has 0 aromatic carbocycles. The van der Waals surface area contributed by atoms with Crippen LogP contribution in [0.25, 0.3) is 0 Å². The molecular weight excluding hydrogens is 236 g/mol. The molecule has 0 saturated heterocycles. The van der Waals surface area contributed by atoms with Gasteiger partial charge in [0, 0.05) is 18.5 Å². The average molecular weight is 264 g/mol. The average Bonchev–Trinajstić information content (AvgIpc) is 2.94. The molecule has 0 spiro atoms. The van der Waals surface area contributed by atoms with Gasteiger partial charge < -0.3 is 5.32 Å². The zero-order chi connectivity index (χ0) is 13.9. The Morgan fingerprint density at radius 3 is 3.00 bits per heavy atom. The van der Waals surface area contributed by atoms with E-state index in [4.69, 9.17) is 0 Å². The van der Waals surface area contributed by atoms with E-state index >= 15 is 0 Å². The molecule has 2 unspecified atom stereocenters. The summed E-state index contributed by atoms with van der Waals surface area (Å²) >= 11 is 0. The van der Waals surface area contributed by atoms with E-state index in [-0.39, 0.29) is 0 Å². The lowest BCUT2D eigenvalue weighted by molar-refractivity contribution is 0.305. The minimum absolute atomic E-state index is 0.380. The molecule has 0 radical (unpaired) electrons. The van der Waals surface area contributed by atoms with Crippen molar-refractivity contribution in [1.29, 1.82) is 0 Å². The van der Waals surface area contributed by atoms with Crippen LogP contribution in [-0.2, 0) is 6.42 Å². The Balaban J connectivity index is 1.97. The third kappa shape index (κ3) is 3.56. The summed E-state index contributed by atoms with van der Waals surface area (Å²) < 4.78 is 2.07. The molecule has 2 rings (SSSR count). The van der Waals surface area contributed by atoms with Gasteiger partial charge in [0.05, 0.1) is 0 Å². The number of aromatic nitrogens is 3. The third-order valence-corrected chi connectivity index (χ3v) is 4.24. The number of nitrogens with one attached hydrogen (secondary N) is 1. The van der Waals surface area contributed by atoms with Gasteiger partial charge >= 0.3 is 0 Å². The van der Waals surface area contributed by atoms with Gasteiger partial charge in [-0.3, -0.25) is 0 Å². The second-order valence-electron chi connectivity index (χ2n) is 6.60. The fourth-order valence-corrected chi connectivity index (χ4v) is 3.22. The molecule has 1 aromatic heterocycles. The first-order chi connectivity index (χ1) is 9.04. The molecule has 19 heavy (non-hydrogen) atoms. The topological polar surface area (TPSA) is 42.7 Å². The summed E-state index contributed by atoms with van der Waals surface area (Å²) in [5.41, 5.74) is 0.380. The highest BCUT2D eigenvalue weighted by Gasteiger charge is 2.36. The van der Waals surface area contributed by atoms with Crippen molar-refractivity contribution >= 4 is 0 Å². The van der Waals surface area contributed by atoms with E-state index in [0.717, 1.165) is 18.8 Å². The highest BCUT2D eigenvalue weighted by atomic mass is 15.3. The van der Waals surface area contributed by atoms with Crippen LogP contribution >= 0.6 is 0 Å². The Morgan fingerprint density at radius 2 is 2.32 bits per heavy atom. The second kappa shape index (κ2) is 6.04. The molecule has 1 aromatic rings. The normalized spacial score (nSPS) is 27.3. The first-order valence-corrected chi connectivity index (χ1v) is 7.66. The van der Waals surface area contributed by atoms with E-state index < -0.39 is 0 Å². The summed E-state index contributed by atoms with van der Waals surface area (Å²) in [6.45, 7) is 10.1. The minimum atomic E-state index is 0.380. The van der Waals surface area contributed by atoms with Crippen molar-refractivity contribution in [2.45, 2.75) is 71.9 Å². The highest BCUT2D eigenvalue weighted by Crippen LogP contribution is 2.40. The second-order valence-corrected chi connectivity index (χ2v) is 6.60.